The molecule has 4 nitrogen and oxygen atoms in total. The summed E-state index contributed by atoms with van der Waals surface area (Å²) in [6.07, 6.45) is 0.638. The van der Waals surface area contributed by atoms with Crippen LogP contribution in [0.15, 0.2) is 54.6 Å². The third-order valence-corrected chi connectivity index (χ3v) is 3.74. The van der Waals surface area contributed by atoms with Crippen molar-refractivity contribution in [2.75, 3.05) is 19.8 Å². The molecule has 0 fully saturated rings. The minimum Gasteiger partial charge on any atom is -0.491 e. The molecule has 0 radical (unpaired) electrons. The van der Waals surface area contributed by atoms with Crippen LogP contribution >= 0.6 is 0 Å². The lowest BCUT2D eigenvalue weighted by molar-refractivity contribution is -0.138. The van der Waals surface area contributed by atoms with Gasteiger partial charge in [-0.2, -0.15) is 0 Å². The minimum absolute atomic E-state index is 0.00718. The topological polar surface area (TPSA) is 55.8 Å². The lowest BCUT2D eigenvalue weighted by Crippen LogP contribution is -2.08. The first-order chi connectivity index (χ1) is 12.0. The number of hydrogen-bond donors (Lipinski definition) is 1. The van der Waals surface area contributed by atoms with Crippen molar-refractivity contribution in [3.63, 3.8) is 0 Å². The molecule has 4 heteroatoms. The van der Waals surface area contributed by atoms with Gasteiger partial charge in [0.2, 0.25) is 0 Å². The molecule has 0 aliphatic carbocycles. The molecule has 0 unspecified atom stereocenters. The Hall–Kier alpha value is -2.59. The number of carbonyl (C=O) groups is 1. The van der Waals surface area contributed by atoms with Gasteiger partial charge in [0.1, 0.15) is 12.4 Å². The average molecular weight is 340 g/mol. The van der Waals surface area contributed by atoms with Crippen molar-refractivity contribution in [2.24, 2.45) is 0 Å². The molecule has 0 amide bonds. The van der Waals surface area contributed by atoms with E-state index in [0.29, 0.717) is 18.6 Å². The van der Waals surface area contributed by atoms with Crippen LogP contribution in [0.4, 0.5) is 0 Å². The van der Waals surface area contributed by atoms with E-state index in [1.807, 2.05) is 31.2 Å². The van der Waals surface area contributed by atoms with Crippen molar-refractivity contribution >= 4 is 5.97 Å². The number of ether oxygens (including phenoxy) is 2. The summed E-state index contributed by atoms with van der Waals surface area (Å²) >= 11 is 0. The molecule has 25 heavy (non-hydrogen) atoms. The minimum atomic E-state index is -0.361. The molecule has 0 spiro atoms. The number of benzene rings is 2. The Morgan fingerprint density at radius 2 is 1.84 bits per heavy atom. The SMILES string of the molecule is C=C(C)C(=O)OCCc1cc(C)ccc1-c1ccc(OCCO)cc1. The quantitative estimate of drug-likeness (QED) is 0.588. The van der Waals surface area contributed by atoms with Crippen LogP contribution in [-0.2, 0) is 16.0 Å². The van der Waals surface area contributed by atoms with Crippen LogP contribution in [0.3, 0.4) is 0 Å². The van der Waals surface area contributed by atoms with Gasteiger partial charge in [0.15, 0.2) is 0 Å². The largest absolute Gasteiger partial charge is 0.491 e. The maximum Gasteiger partial charge on any atom is 0.333 e. The normalized spacial score (nSPS) is 10.4. The summed E-state index contributed by atoms with van der Waals surface area (Å²) in [5.74, 6) is 0.362. The van der Waals surface area contributed by atoms with Crippen LogP contribution in [-0.4, -0.2) is 30.9 Å². The first-order valence-electron chi connectivity index (χ1n) is 8.27. The predicted octanol–water partition coefficient (Wildman–Crippen LogP) is 3.69. The second kappa shape index (κ2) is 9.04. The number of carbonyl (C=O) groups excluding carboxylic acids is 1. The maximum absolute atomic E-state index is 11.5. The fourth-order valence-corrected chi connectivity index (χ4v) is 2.48. The number of esters is 1. The molecule has 0 aliphatic heterocycles. The Labute approximate surface area is 148 Å². The van der Waals surface area contributed by atoms with Crippen LogP contribution in [0.5, 0.6) is 5.75 Å². The smallest absolute Gasteiger partial charge is 0.333 e. The Balaban J connectivity index is 2.14. The van der Waals surface area contributed by atoms with Crippen molar-refractivity contribution in [3.8, 4) is 16.9 Å². The molecular formula is C21H24O4. The molecule has 0 heterocycles. The molecule has 1 N–H and O–H groups in total. The van der Waals surface area contributed by atoms with E-state index >= 15 is 0 Å². The van der Waals surface area contributed by atoms with Crippen molar-refractivity contribution in [1.29, 1.82) is 0 Å². The van der Waals surface area contributed by atoms with E-state index in [1.54, 1.807) is 6.92 Å². The van der Waals surface area contributed by atoms with Crippen molar-refractivity contribution in [3.05, 3.63) is 65.7 Å². The highest BCUT2D eigenvalue weighted by Crippen LogP contribution is 2.27. The monoisotopic (exact) mass is 340 g/mol. The first-order valence-corrected chi connectivity index (χ1v) is 8.27. The molecule has 0 bridgehead atoms. The van der Waals surface area contributed by atoms with Crippen LogP contribution in [0.1, 0.15) is 18.1 Å². The summed E-state index contributed by atoms with van der Waals surface area (Å²) in [4.78, 5) is 11.5. The summed E-state index contributed by atoms with van der Waals surface area (Å²) in [6, 6.07) is 14.0. The fourth-order valence-electron chi connectivity index (χ4n) is 2.48. The summed E-state index contributed by atoms with van der Waals surface area (Å²) < 4.78 is 10.6. The van der Waals surface area contributed by atoms with Gasteiger partial charge in [0.25, 0.3) is 0 Å². The second-order valence-electron chi connectivity index (χ2n) is 5.92. The Bertz CT molecular complexity index is 732. The Morgan fingerprint density at radius 1 is 1.12 bits per heavy atom. The van der Waals surface area contributed by atoms with Gasteiger partial charge in [0.05, 0.1) is 13.2 Å². The summed E-state index contributed by atoms with van der Waals surface area (Å²) in [5.41, 5.74) is 4.86. The molecule has 0 aliphatic rings. The standard InChI is InChI=1S/C21H24O4/c1-15(2)21(23)25-12-10-18-14-16(3)4-9-20(18)17-5-7-19(8-6-17)24-13-11-22/h4-9,14,22H,1,10-13H2,2-3H3. The zero-order chi connectivity index (χ0) is 18.2. The van der Waals surface area contributed by atoms with Gasteiger partial charge in [-0.05, 0) is 42.7 Å². The van der Waals surface area contributed by atoms with Crippen molar-refractivity contribution in [2.45, 2.75) is 20.3 Å². The number of aliphatic hydroxyl groups is 1. The fraction of sp³-hybridized carbons (Fsp3) is 0.286. The molecule has 2 rings (SSSR count). The van der Waals surface area contributed by atoms with E-state index in [2.05, 4.69) is 24.8 Å². The molecule has 0 atom stereocenters. The van der Waals surface area contributed by atoms with Gasteiger partial charge in [0, 0.05) is 12.0 Å². The van der Waals surface area contributed by atoms with Crippen molar-refractivity contribution < 1.29 is 19.4 Å². The van der Waals surface area contributed by atoms with Crippen LogP contribution in [0.2, 0.25) is 0 Å². The highest BCUT2D eigenvalue weighted by molar-refractivity contribution is 5.86. The van der Waals surface area contributed by atoms with Crippen molar-refractivity contribution in [1.82, 2.24) is 0 Å². The summed E-state index contributed by atoms with van der Waals surface area (Å²) in [6.45, 7) is 7.86. The first kappa shape index (κ1) is 18.7. The number of aliphatic hydroxyl groups excluding tert-OH is 1. The van der Waals surface area contributed by atoms with Gasteiger partial charge in [-0.15, -0.1) is 0 Å². The molecule has 0 saturated carbocycles. The second-order valence-corrected chi connectivity index (χ2v) is 5.92. The van der Waals surface area contributed by atoms with E-state index in [9.17, 15) is 4.79 Å². The van der Waals surface area contributed by atoms with Crippen LogP contribution in [0.25, 0.3) is 11.1 Å². The lowest BCUT2D eigenvalue weighted by atomic mass is 9.96. The van der Waals surface area contributed by atoms with Gasteiger partial charge in [-0.25, -0.2) is 4.79 Å². The predicted molar refractivity (Wildman–Crippen MR) is 98.7 cm³/mol. The maximum atomic E-state index is 11.5. The molecule has 2 aromatic rings. The van der Waals surface area contributed by atoms with E-state index in [4.69, 9.17) is 14.6 Å². The Kier molecular flexibility index (Phi) is 6.78. The number of aryl methyl sites for hydroxylation is 1. The molecule has 0 saturated heterocycles. The van der Waals surface area contributed by atoms with Gasteiger partial charge < -0.3 is 14.6 Å². The number of hydrogen-bond acceptors (Lipinski definition) is 4. The summed E-state index contributed by atoms with van der Waals surface area (Å²) in [5, 5.41) is 8.81. The highest BCUT2D eigenvalue weighted by Gasteiger charge is 2.08. The number of rotatable bonds is 8. The highest BCUT2D eigenvalue weighted by atomic mass is 16.5. The van der Waals surface area contributed by atoms with E-state index < -0.39 is 0 Å². The molecular weight excluding hydrogens is 316 g/mol. The summed E-state index contributed by atoms with van der Waals surface area (Å²) in [7, 11) is 0. The zero-order valence-corrected chi connectivity index (χ0v) is 14.7. The van der Waals surface area contributed by atoms with Gasteiger partial charge in [-0.3, -0.25) is 0 Å². The van der Waals surface area contributed by atoms with E-state index in [-0.39, 0.29) is 19.2 Å². The zero-order valence-electron chi connectivity index (χ0n) is 14.7. The van der Waals surface area contributed by atoms with E-state index in [1.165, 1.54) is 0 Å². The molecule has 2 aromatic carbocycles. The third kappa shape index (κ3) is 5.47. The molecule has 132 valence electrons. The van der Waals surface area contributed by atoms with Crippen LogP contribution in [0, 0.1) is 6.92 Å². The Morgan fingerprint density at radius 3 is 2.48 bits per heavy atom. The van der Waals surface area contributed by atoms with Gasteiger partial charge >= 0.3 is 5.97 Å². The molecule has 0 aromatic heterocycles. The average Bonchev–Trinajstić information content (AvgIpc) is 2.60. The van der Waals surface area contributed by atoms with E-state index in [0.717, 1.165) is 28.0 Å². The third-order valence-electron chi connectivity index (χ3n) is 3.74. The van der Waals surface area contributed by atoms with Crippen LogP contribution < -0.4 is 4.74 Å². The lowest BCUT2D eigenvalue weighted by Gasteiger charge is -2.12. The van der Waals surface area contributed by atoms with Gasteiger partial charge in [-0.1, -0.05) is 42.5 Å².